The molecule has 0 saturated carbocycles. The molecule has 0 fully saturated rings. The first-order valence-corrected chi connectivity index (χ1v) is 31.4. The zero-order valence-corrected chi connectivity index (χ0v) is 45.2. The van der Waals surface area contributed by atoms with Crippen molar-refractivity contribution in [3.63, 3.8) is 0 Å². The number of hydrogen-bond donors (Lipinski definition) is 0. The largest absolute Gasteiger partial charge is 0.440 e. The topological polar surface area (TPSA) is 47.6 Å². The molecule has 2 nitrogen and oxygen atoms in total. The van der Waals surface area contributed by atoms with E-state index < -0.39 is 14.6 Å². The van der Waals surface area contributed by atoms with Crippen LogP contribution in [0, 0.1) is 31.6 Å². The monoisotopic (exact) mass is 1160 g/mol. The quantitative estimate of drug-likeness (QED) is 0.0526. The molecule has 0 unspecified atom stereocenters. The van der Waals surface area contributed by atoms with Crippen molar-refractivity contribution in [1.82, 2.24) is 0 Å². The molecule has 0 aliphatic heterocycles. The van der Waals surface area contributed by atoms with Crippen molar-refractivity contribution in [3.8, 4) is 0 Å². The fourth-order valence-electron chi connectivity index (χ4n) is 4.53. The van der Waals surface area contributed by atoms with E-state index >= 15 is 0 Å². The third kappa shape index (κ3) is 34.1. The normalized spacial score (nSPS) is 10.9. The predicted molar refractivity (Wildman–Crippen MR) is 296 cm³/mol. The maximum Gasteiger partial charge on any atom is 0.440 e. The second-order valence-corrected chi connectivity index (χ2v) is 36.6. The van der Waals surface area contributed by atoms with E-state index in [0.717, 1.165) is 15.2 Å². The first-order valence-electron chi connectivity index (χ1n) is 18.0. The van der Waals surface area contributed by atoms with Gasteiger partial charge in [-0.2, -0.15) is 0 Å². The average molecular weight is 1160 g/mol. The molecule has 6 aromatic carbocycles. The highest BCUT2D eigenvalue weighted by Crippen LogP contribution is 2.30. The lowest BCUT2D eigenvalue weighted by Crippen LogP contribution is -2.29. The first kappa shape index (κ1) is 61.1. The van der Waals surface area contributed by atoms with Gasteiger partial charge in [-0.05, 0) is 71.5 Å². The van der Waals surface area contributed by atoms with E-state index in [2.05, 4.69) is 188 Å². The van der Waals surface area contributed by atoms with Crippen molar-refractivity contribution in [2.45, 2.75) is 31.4 Å². The second kappa shape index (κ2) is 32.7. The van der Waals surface area contributed by atoms with Crippen LogP contribution >= 0.6 is 140 Å². The molecule has 63 heavy (non-hydrogen) atoms. The first-order chi connectivity index (χ1) is 29.0. The Morgan fingerprint density at radius 3 is 0.841 bits per heavy atom. The van der Waals surface area contributed by atoms with Gasteiger partial charge in [0.15, 0.2) is 0 Å². The molecular formula is C47H44BrCl11N2Si2. The molecule has 16 heteroatoms. The standard InChI is InChI=1S/C15H13Br.C15H13Cl3Si.C15H14.CCl4.CH4.Cl4Si.N2/c1-12-2-4-13(5-3-12)6-7-14-8-10-15(16)11-9-14;1-12-2-4-13(5-3-12)6-7-14-8-10-15(11-9-14)19(16,17)18;1-13-7-9-15(10-8-13)12-11-14-5-3-2-4-6-14;2-1(3,4)5;;1-5(2,3)4;1-2/h2-11H,1H3;2-11H,1H3;2-12H,1H3;;1H4;;/b2*7-6+;12-11+;;;;. The minimum Gasteiger partial charge on any atom is -0.121 e. The number of nitrogens with zero attached hydrogens (tertiary/aromatic N) is 2. The lowest BCUT2D eigenvalue weighted by atomic mass is 10.1. The van der Waals surface area contributed by atoms with Crippen molar-refractivity contribution < 1.29 is 0 Å². The highest BCUT2D eigenvalue weighted by molar-refractivity contribution is 9.10. The Labute approximate surface area is 436 Å². The summed E-state index contributed by atoms with van der Waals surface area (Å²) < 4.78 is -0.500. The molecule has 0 N–H and O–H groups in total. The van der Waals surface area contributed by atoms with E-state index in [1.54, 1.807) is 0 Å². The summed E-state index contributed by atoms with van der Waals surface area (Å²) in [6.07, 6.45) is 12.6. The van der Waals surface area contributed by atoms with Crippen LogP contribution < -0.4 is 5.19 Å². The maximum atomic E-state index is 6.00. The van der Waals surface area contributed by atoms with Crippen LogP contribution in [0.3, 0.4) is 0 Å². The number of benzene rings is 6. The van der Waals surface area contributed by atoms with Crippen LogP contribution in [0.15, 0.2) is 156 Å². The molecule has 0 aliphatic carbocycles. The Bertz CT molecular complexity index is 2170. The van der Waals surface area contributed by atoms with Gasteiger partial charge in [-0.15, -0.1) is 77.6 Å². The lowest BCUT2D eigenvalue weighted by Gasteiger charge is -2.07. The zero-order chi connectivity index (χ0) is 46.8. The van der Waals surface area contributed by atoms with Gasteiger partial charge in [-0.25, -0.2) is 0 Å². The number of rotatable bonds is 7. The SMILES string of the molecule is C.Cc1ccc(/C=C/c2ccc(Br)cc2)cc1.Cc1ccc(/C=C/c2ccc([Si](Cl)(Cl)Cl)cc2)cc1.Cc1ccc(/C=C/c2ccccc2)cc1.ClC(Cl)(Cl)Cl.Cl[Si](Cl)(Cl)Cl.N#N. The van der Waals surface area contributed by atoms with E-state index in [9.17, 15) is 0 Å². The molecule has 0 radical (unpaired) electrons. The summed E-state index contributed by atoms with van der Waals surface area (Å²) in [5.41, 5.74) is 11.0. The summed E-state index contributed by atoms with van der Waals surface area (Å²) in [4.78, 5) is 0. The molecule has 0 atom stereocenters. The highest BCUT2D eigenvalue weighted by Gasteiger charge is 2.27. The fourth-order valence-corrected chi connectivity index (χ4v) is 6.47. The van der Waals surface area contributed by atoms with Gasteiger partial charge in [0.1, 0.15) is 0 Å². The molecule has 0 heterocycles. The van der Waals surface area contributed by atoms with Crippen LogP contribution in [-0.2, 0) is 0 Å². The van der Waals surface area contributed by atoms with Gasteiger partial charge in [0.25, 0.3) is 3.25 Å². The van der Waals surface area contributed by atoms with Gasteiger partial charge in [-0.1, -0.05) is 262 Å². The second-order valence-electron chi connectivity index (χ2n) is 12.7. The number of hydrogen-bond acceptors (Lipinski definition) is 2. The van der Waals surface area contributed by atoms with Crippen molar-refractivity contribution in [2.75, 3.05) is 0 Å². The Hall–Kier alpha value is -1.94. The van der Waals surface area contributed by atoms with Crippen molar-refractivity contribution >= 4 is 193 Å². The fraction of sp³-hybridized carbons (Fsp3) is 0.106. The molecule has 6 aromatic rings. The molecule has 0 aliphatic rings. The van der Waals surface area contributed by atoms with E-state index in [4.69, 9.17) is 135 Å². The summed E-state index contributed by atoms with van der Waals surface area (Å²) in [6, 6.07) is 49.0. The number of aryl methyl sites for hydroxylation is 3. The van der Waals surface area contributed by atoms with Gasteiger partial charge < -0.3 is 0 Å². The minimum atomic E-state index is -2.76. The number of alkyl halides is 4. The van der Waals surface area contributed by atoms with Gasteiger partial charge in [0.2, 0.25) is 0 Å². The van der Waals surface area contributed by atoms with Crippen molar-refractivity contribution in [2.24, 2.45) is 0 Å². The smallest absolute Gasteiger partial charge is 0.121 e. The van der Waals surface area contributed by atoms with Gasteiger partial charge in [0.05, 0.1) is 0 Å². The van der Waals surface area contributed by atoms with Crippen LogP contribution in [0.25, 0.3) is 36.5 Å². The molecular weight excluding hydrogens is 1120 g/mol. The summed E-state index contributed by atoms with van der Waals surface area (Å²) in [7, 11) is 0. The van der Waals surface area contributed by atoms with E-state index in [0.29, 0.717) is 0 Å². The molecule has 0 saturated heterocycles. The maximum absolute atomic E-state index is 6.00. The minimum absolute atomic E-state index is 0. The molecule has 6 rings (SSSR count). The Kier molecular flexibility index (Phi) is 31.7. The van der Waals surface area contributed by atoms with E-state index in [-0.39, 0.29) is 7.43 Å². The third-order valence-corrected chi connectivity index (χ3v) is 11.0. The predicted octanol–water partition coefficient (Wildman–Crippen LogP) is 19.7. The Morgan fingerprint density at radius 1 is 0.397 bits per heavy atom. The Balaban J connectivity index is 0.000000808. The summed E-state index contributed by atoms with van der Waals surface area (Å²) in [6.45, 7) is 6.28. The van der Waals surface area contributed by atoms with Crippen LogP contribution in [0.2, 0.25) is 0 Å². The van der Waals surface area contributed by atoms with Crippen LogP contribution in [0.5, 0.6) is 0 Å². The van der Waals surface area contributed by atoms with E-state index in [1.165, 1.54) is 44.5 Å². The zero-order valence-electron chi connectivity index (χ0n) is 33.3. The van der Waals surface area contributed by atoms with Gasteiger partial charge >= 0.3 is 11.3 Å². The summed E-state index contributed by atoms with van der Waals surface area (Å²) >= 11 is 60.4. The third-order valence-electron chi connectivity index (χ3n) is 7.54. The van der Waals surface area contributed by atoms with Gasteiger partial charge in [0, 0.05) is 15.3 Å². The van der Waals surface area contributed by atoms with E-state index in [1.807, 2.05) is 36.4 Å². The molecule has 334 valence electrons. The molecule has 0 amide bonds. The molecule has 0 aromatic heterocycles. The van der Waals surface area contributed by atoms with Crippen molar-refractivity contribution in [3.05, 3.63) is 206 Å². The van der Waals surface area contributed by atoms with Crippen LogP contribution in [0.1, 0.15) is 57.5 Å². The van der Waals surface area contributed by atoms with Gasteiger partial charge in [-0.3, -0.25) is 0 Å². The van der Waals surface area contributed by atoms with Crippen LogP contribution in [-0.4, -0.2) is 14.6 Å². The summed E-state index contributed by atoms with van der Waals surface area (Å²) in [5.74, 6) is 0. The van der Waals surface area contributed by atoms with Crippen molar-refractivity contribution in [1.29, 1.82) is 10.8 Å². The highest BCUT2D eigenvalue weighted by atomic mass is 79.9. The Morgan fingerprint density at radius 2 is 0.603 bits per heavy atom. The molecule has 0 spiro atoms. The summed E-state index contributed by atoms with van der Waals surface area (Å²) in [5, 5.41) is 10.1. The lowest BCUT2D eigenvalue weighted by molar-refractivity contribution is 1.15. The molecule has 0 bridgehead atoms. The van der Waals surface area contributed by atoms with Crippen LogP contribution in [0.4, 0.5) is 0 Å². The number of halogens is 12. The average Bonchev–Trinajstić information content (AvgIpc) is 3.21.